The van der Waals surface area contributed by atoms with Crippen molar-refractivity contribution in [2.24, 2.45) is 0 Å². The molecule has 0 fully saturated rings. The van der Waals surface area contributed by atoms with Crippen molar-refractivity contribution in [3.05, 3.63) is 71.2 Å². The topological polar surface area (TPSA) is 81.0 Å². The van der Waals surface area contributed by atoms with Crippen molar-refractivity contribution in [1.29, 1.82) is 0 Å². The predicted octanol–water partition coefficient (Wildman–Crippen LogP) is 1.94. The fourth-order valence-electron chi connectivity index (χ4n) is 2.87. The fourth-order valence-corrected chi connectivity index (χ4v) is 2.87. The van der Waals surface area contributed by atoms with Gasteiger partial charge in [0.2, 0.25) is 0 Å². The van der Waals surface area contributed by atoms with Crippen LogP contribution in [0.1, 0.15) is 32.0 Å². The number of aromatic nitrogens is 2. The van der Waals surface area contributed by atoms with Crippen LogP contribution in [0.4, 0.5) is 0 Å². The Hall–Kier alpha value is -3.48. The van der Waals surface area contributed by atoms with Crippen LogP contribution in [-0.4, -0.2) is 32.2 Å². The molecule has 7 nitrogen and oxygen atoms in total. The first-order valence-electron chi connectivity index (χ1n) is 7.66. The highest BCUT2D eigenvalue weighted by molar-refractivity contribution is 6.20. The molecular weight excluding hydrogens is 322 g/mol. The molecule has 3 heterocycles. The number of fused-ring (bicyclic) bond motifs is 2. The third-order valence-corrected chi connectivity index (χ3v) is 4.08. The molecule has 1 aromatic carbocycles. The number of rotatable bonds is 3. The quantitative estimate of drug-likeness (QED) is 0.683. The molecular formula is C18H13N3O4. The maximum atomic E-state index is 12.2. The van der Waals surface area contributed by atoms with E-state index in [0.717, 1.165) is 11.2 Å². The SMILES string of the molecule is Cc1cccn2c(CC(=O)ON3C(=O)c4ccccc4C3=O)cnc12. The van der Waals surface area contributed by atoms with E-state index in [1.54, 1.807) is 28.9 Å². The van der Waals surface area contributed by atoms with E-state index in [9.17, 15) is 14.4 Å². The lowest BCUT2D eigenvalue weighted by molar-refractivity contribution is -0.167. The van der Waals surface area contributed by atoms with Crippen LogP contribution in [-0.2, 0) is 16.1 Å². The van der Waals surface area contributed by atoms with Crippen LogP contribution in [0.3, 0.4) is 0 Å². The summed E-state index contributed by atoms with van der Waals surface area (Å²) >= 11 is 0. The first kappa shape index (κ1) is 15.1. The molecule has 25 heavy (non-hydrogen) atoms. The van der Waals surface area contributed by atoms with E-state index in [1.165, 1.54) is 12.1 Å². The van der Waals surface area contributed by atoms with Gasteiger partial charge in [-0.2, -0.15) is 0 Å². The van der Waals surface area contributed by atoms with Gasteiger partial charge in [0.15, 0.2) is 0 Å². The van der Waals surface area contributed by atoms with Crippen molar-refractivity contribution in [1.82, 2.24) is 14.4 Å². The first-order chi connectivity index (χ1) is 12.1. The lowest BCUT2D eigenvalue weighted by Crippen LogP contribution is -2.33. The van der Waals surface area contributed by atoms with Gasteiger partial charge in [-0.15, -0.1) is 0 Å². The number of hydrogen-bond donors (Lipinski definition) is 0. The van der Waals surface area contributed by atoms with Gasteiger partial charge in [0.25, 0.3) is 11.8 Å². The van der Waals surface area contributed by atoms with Crippen LogP contribution in [0.5, 0.6) is 0 Å². The number of hydrogen-bond acceptors (Lipinski definition) is 5. The highest BCUT2D eigenvalue weighted by atomic mass is 16.7. The number of imidazole rings is 1. The van der Waals surface area contributed by atoms with Crippen molar-refractivity contribution in [2.45, 2.75) is 13.3 Å². The number of carbonyl (C=O) groups excluding carboxylic acids is 3. The van der Waals surface area contributed by atoms with Crippen LogP contribution < -0.4 is 0 Å². The third kappa shape index (κ3) is 2.37. The molecule has 1 aliphatic rings. The summed E-state index contributed by atoms with van der Waals surface area (Å²) < 4.78 is 1.78. The highest BCUT2D eigenvalue weighted by Gasteiger charge is 2.38. The minimum Gasteiger partial charge on any atom is -0.329 e. The minimum atomic E-state index is -0.710. The van der Waals surface area contributed by atoms with Crippen molar-refractivity contribution in [3.8, 4) is 0 Å². The zero-order valence-corrected chi connectivity index (χ0v) is 13.3. The summed E-state index contributed by atoms with van der Waals surface area (Å²) in [5, 5.41) is 0.515. The molecule has 124 valence electrons. The largest absolute Gasteiger partial charge is 0.339 e. The Labute approximate surface area is 142 Å². The van der Waals surface area contributed by atoms with Crippen LogP contribution in [0.25, 0.3) is 5.65 Å². The number of aryl methyl sites for hydroxylation is 1. The number of hydroxylamine groups is 2. The van der Waals surface area contributed by atoms with Crippen molar-refractivity contribution in [3.63, 3.8) is 0 Å². The second kappa shape index (κ2) is 5.55. The smallest absolute Gasteiger partial charge is 0.329 e. The van der Waals surface area contributed by atoms with Gasteiger partial charge in [0, 0.05) is 12.4 Å². The maximum Gasteiger partial charge on any atom is 0.339 e. The lowest BCUT2D eigenvalue weighted by Gasteiger charge is -2.12. The zero-order valence-electron chi connectivity index (χ0n) is 13.3. The van der Waals surface area contributed by atoms with Gasteiger partial charge in [-0.05, 0) is 30.7 Å². The molecule has 1 aliphatic heterocycles. The Morgan fingerprint density at radius 2 is 1.76 bits per heavy atom. The molecule has 0 bridgehead atoms. The van der Waals surface area contributed by atoms with Crippen molar-refractivity contribution < 1.29 is 19.2 Å². The molecule has 0 radical (unpaired) electrons. The van der Waals surface area contributed by atoms with Gasteiger partial charge >= 0.3 is 5.97 Å². The molecule has 7 heteroatoms. The van der Waals surface area contributed by atoms with Crippen LogP contribution in [0, 0.1) is 6.92 Å². The molecule has 0 N–H and O–H groups in total. The van der Waals surface area contributed by atoms with Crippen LogP contribution in [0.15, 0.2) is 48.8 Å². The maximum absolute atomic E-state index is 12.2. The Balaban J connectivity index is 1.54. The summed E-state index contributed by atoms with van der Waals surface area (Å²) in [5.74, 6) is -1.98. The average molecular weight is 335 g/mol. The number of benzene rings is 1. The Kier molecular flexibility index (Phi) is 3.35. The van der Waals surface area contributed by atoms with Gasteiger partial charge in [-0.25, -0.2) is 9.78 Å². The second-order valence-corrected chi connectivity index (χ2v) is 5.72. The Morgan fingerprint density at radius 3 is 2.44 bits per heavy atom. The Bertz CT molecular complexity index is 1000. The van der Waals surface area contributed by atoms with Crippen LogP contribution in [0.2, 0.25) is 0 Å². The van der Waals surface area contributed by atoms with E-state index >= 15 is 0 Å². The number of imide groups is 1. The monoisotopic (exact) mass is 335 g/mol. The summed E-state index contributed by atoms with van der Waals surface area (Å²) in [6.07, 6.45) is 3.25. The minimum absolute atomic E-state index is 0.113. The molecule has 0 spiro atoms. The highest BCUT2D eigenvalue weighted by Crippen LogP contribution is 2.23. The summed E-state index contributed by atoms with van der Waals surface area (Å²) in [5.41, 5.74) is 2.78. The molecule has 0 atom stereocenters. The summed E-state index contributed by atoms with van der Waals surface area (Å²) in [6.45, 7) is 1.92. The summed E-state index contributed by atoms with van der Waals surface area (Å²) in [6, 6.07) is 10.1. The summed E-state index contributed by atoms with van der Waals surface area (Å²) in [4.78, 5) is 46.0. The van der Waals surface area contributed by atoms with Gasteiger partial charge in [-0.1, -0.05) is 23.3 Å². The van der Waals surface area contributed by atoms with E-state index in [-0.39, 0.29) is 17.5 Å². The van der Waals surface area contributed by atoms with E-state index in [0.29, 0.717) is 10.8 Å². The van der Waals surface area contributed by atoms with Crippen LogP contribution >= 0.6 is 0 Å². The van der Waals surface area contributed by atoms with E-state index in [2.05, 4.69) is 4.98 Å². The molecule has 0 saturated carbocycles. The Morgan fingerprint density at radius 1 is 1.08 bits per heavy atom. The van der Waals surface area contributed by atoms with Gasteiger partial charge in [0.1, 0.15) is 5.65 Å². The van der Waals surface area contributed by atoms with E-state index in [4.69, 9.17) is 4.84 Å². The second-order valence-electron chi connectivity index (χ2n) is 5.72. The molecule has 2 aromatic heterocycles. The van der Waals surface area contributed by atoms with Crippen molar-refractivity contribution in [2.75, 3.05) is 0 Å². The molecule has 0 saturated heterocycles. The first-order valence-corrected chi connectivity index (χ1v) is 7.66. The number of nitrogens with zero attached hydrogens (tertiary/aromatic N) is 3. The van der Waals surface area contributed by atoms with Crippen molar-refractivity contribution >= 4 is 23.4 Å². The van der Waals surface area contributed by atoms with Gasteiger partial charge in [-0.3, -0.25) is 9.59 Å². The standard InChI is InChI=1S/C18H13N3O4/c1-11-5-4-8-20-12(10-19-16(11)20)9-15(22)25-21-17(23)13-6-2-3-7-14(13)18(21)24/h2-8,10H,9H2,1H3. The fraction of sp³-hybridized carbons (Fsp3) is 0.111. The normalized spacial score (nSPS) is 13.4. The third-order valence-electron chi connectivity index (χ3n) is 4.08. The molecule has 0 aliphatic carbocycles. The molecule has 3 aromatic rings. The molecule has 2 amide bonds. The summed E-state index contributed by atoms with van der Waals surface area (Å²) in [7, 11) is 0. The van der Waals surface area contributed by atoms with E-state index < -0.39 is 17.8 Å². The predicted molar refractivity (Wildman–Crippen MR) is 86.7 cm³/mol. The average Bonchev–Trinajstić information content (AvgIpc) is 3.12. The van der Waals surface area contributed by atoms with Gasteiger partial charge in [0.05, 0.1) is 23.2 Å². The zero-order chi connectivity index (χ0) is 17.6. The van der Waals surface area contributed by atoms with Gasteiger partial charge < -0.3 is 9.24 Å². The molecule has 0 unspecified atom stereocenters. The lowest BCUT2D eigenvalue weighted by atomic mass is 10.1. The van der Waals surface area contributed by atoms with E-state index in [1.807, 2.05) is 19.1 Å². The molecule has 4 rings (SSSR count). The number of carbonyl (C=O) groups is 3. The number of amides is 2. The number of pyridine rings is 1.